The first-order chi connectivity index (χ1) is 5.58. The quantitative estimate of drug-likeness (QED) is 0.704. The largest absolute Gasteiger partial charge is 0.412 e. The second-order valence-corrected chi connectivity index (χ2v) is 2.49. The van der Waals surface area contributed by atoms with Gasteiger partial charge in [-0.05, 0) is 0 Å². The van der Waals surface area contributed by atoms with E-state index < -0.39 is 6.09 Å². The van der Waals surface area contributed by atoms with E-state index in [-0.39, 0.29) is 16.3 Å². The molecule has 0 aliphatic carbocycles. The molecule has 2 N–H and O–H groups in total. The Morgan fingerprint density at radius 3 is 2.33 bits per heavy atom. The second-order valence-electron chi connectivity index (χ2n) is 1.72. The summed E-state index contributed by atoms with van der Waals surface area (Å²) in [6.07, 6.45) is -1.02. The lowest BCUT2D eigenvalue weighted by molar-refractivity contribution is 0.207. The Balaban J connectivity index is 2.93. The zero-order chi connectivity index (χ0) is 9.14. The molecule has 0 radical (unpaired) electrons. The van der Waals surface area contributed by atoms with Crippen LogP contribution in [-0.2, 0) is 0 Å². The van der Waals surface area contributed by atoms with E-state index >= 15 is 0 Å². The van der Waals surface area contributed by atoms with Crippen molar-refractivity contribution in [2.75, 3.05) is 0 Å². The van der Waals surface area contributed by atoms with Crippen LogP contribution in [0.3, 0.4) is 0 Å². The fourth-order valence-corrected chi connectivity index (χ4v) is 0.913. The lowest BCUT2D eigenvalue weighted by Gasteiger charge is -1.98. The zero-order valence-corrected chi connectivity index (χ0v) is 7.13. The summed E-state index contributed by atoms with van der Waals surface area (Å²) in [4.78, 5) is 17.3. The number of amides is 1. The maximum Gasteiger partial charge on any atom is 0.412 e. The first-order valence-electron chi connectivity index (χ1n) is 2.75. The third-order valence-corrected chi connectivity index (χ3v) is 1.22. The van der Waals surface area contributed by atoms with Crippen molar-refractivity contribution >= 4 is 29.3 Å². The lowest BCUT2D eigenvalue weighted by atomic mass is 10.7. The van der Waals surface area contributed by atoms with Crippen LogP contribution in [0.25, 0.3) is 0 Å². The van der Waals surface area contributed by atoms with Crippen LogP contribution in [0, 0.1) is 0 Å². The number of primary amides is 1. The maximum absolute atomic E-state index is 10.2. The first kappa shape index (κ1) is 9.02. The van der Waals surface area contributed by atoms with E-state index in [2.05, 4.69) is 14.7 Å². The van der Waals surface area contributed by atoms with E-state index in [1.807, 2.05) is 0 Å². The maximum atomic E-state index is 10.2. The Kier molecular flexibility index (Phi) is 2.67. The highest BCUT2D eigenvalue weighted by atomic mass is 35.5. The molecular formula is C5H3Cl2N3O2. The fourth-order valence-electron chi connectivity index (χ4n) is 0.506. The van der Waals surface area contributed by atoms with Gasteiger partial charge in [-0.25, -0.2) is 4.79 Å². The van der Waals surface area contributed by atoms with Crippen molar-refractivity contribution in [3.63, 3.8) is 0 Å². The van der Waals surface area contributed by atoms with Crippen molar-refractivity contribution < 1.29 is 9.53 Å². The van der Waals surface area contributed by atoms with Gasteiger partial charge in [-0.15, -0.1) is 0 Å². The average Bonchev–Trinajstić information content (AvgIpc) is 1.81. The Bertz CT molecular complexity index is 297. The van der Waals surface area contributed by atoms with Gasteiger partial charge in [0.05, 0.1) is 0 Å². The lowest BCUT2D eigenvalue weighted by Crippen LogP contribution is -2.17. The molecule has 0 fully saturated rings. The van der Waals surface area contributed by atoms with Crippen LogP contribution in [-0.4, -0.2) is 16.1 Å². The number of nitrogens with zero attached hydrogens (tertiary/aromatic N) is 2. The van der Waals surface area contributed by atoms with E-state index in [1.165, 1.54) is 6.07 Å². The van der Waals surface area contributed by atoms with Crippen LogP contribution < -0.4 is 10.5 Å². The monoisotopic (exact) mass is 207 g/mol. The number of carbonyl (C=O) groups is 1. The van der Waals surface area contributed by atoms with Crippen LogP contribution in [0.15, 0.2) is 6.07 Å². The second kappa shape index (κ2) is 3.55. The van der Waals surface area contributed by atoms with Crippen molar-refractivity contribution in [1.29, 1.82) is 0 Å². The average molecular weight is 208 g/mol. The summed E-state index contributed by atoms with van der Waals surface area (Å²) >= 11 is 10.9. The molecule has 0 spiro atoms. The zero-order valence-electron chi connectivity index (χ0n) is 5.62. The molecule has 0 aromatic carbocycles. The van der Waals surface area contributed by atoms with Crippen molar-refractivity contribution in [3.05, 3.63) is 16.4 Å². The minimum Gasteiger partial charge on any atom is -0.374 e. The minimum absolute atomic E-state index is 0.0752. The predicted molar refractivity (Wildman–Crippen MR) is 42.3 cm³/mol. The van der Waals surface area contributed by atoms with Crippen molar-refractivity contribution in [1.82, 2.24) is 9.97 Å². The third kappa shape index (κ3) is 2.52. The molecule has 1 amide bonds. The standard InChI is InChI=1S/C5H3Cl2N3O2/c6-2-1-3(7)10-5(9-2)12-4(8)11/h1H,(H2,8,11). The number of carbonyl (C=O) groups excluding carboxylic acids is 1. The molecule has 0 saturated heterocycles. The van der Waals surface area contributed by atoms with E-state index in [0.29, 0.717) is 0 Å². The third-order valence-electron chi connectivity index (χ3n) is 0.835. The van der Waals surface area contributed by atoms with Crippen molar-refractivity contribution in [3.8, 4) is 6.01 Å². The number of hydrogen-bond acceptors (Lipinski definition) is 4. The van der Waals surface area contributed by atoms with Gasteiger partial charge in [0, 0.05) is 6.07 Å². The van der Waals surface area contributed by atoms with Gasteiger partial charge >= 0.3 is 12.1 Å². The predicted octanol–water partition coefficient (Wildman–Crippen LogP) is 1.24. The molecule has 0 unspecified atom stereocenters. The molecule has 1 heterocycles. The van der Waals surface area contributed by atoms with Gasteiger partial charge in [0.2, 0.25) is 0 Å². The summed E-state index contributed by atoms with van der Waals surface area (Å²) in [5.74, 6) is 0. The SMILES string of the molecule is NC(=O)Oc1nc(Cl)cc(Cl)n1. The summed E-state index contributed by atoms with van der Waals surface area (Å²) < 4.78 is 4.32. The summed E-state index contributed by atoms with van der Waals surface area (Å²) in [7, 11) is 0. The molecule has 0 saturated carbocycles. The van der Waals surface area contributed by atoms with Crippen molar-refractivity contribution in [2.45, 2.75) is 0 Å². The Hall–Kier alpha value is -1.07. The Labute approximate surface area is 77.5 Å². The molecule has 0 aliphatic heterocycles. The Morgan fingerprint density at radius 1 is 1.42 bits per heavy atom. The summed E-state index contributed by atoms with van der Waals surface area (Å²) in [5.41, 5.74) is 4.70. The van der Waals surface area contributed by atoms with E-state index in [0.717, 1.165) is 0 Å². The number of hydrogen-bond donors (Lipinski definition) is 1. The van der Waals surface area contributed by atoms with Gasteiger partial charge in [0.15, 0.2) is 0 Å². The Morgan fingerprint density at radius 2 is 1.92 bits per heavy atom. The van der Waals surface area contributed by atoms with Gasteiger partial charge in [0.1, 0.15) is 10.3 Å². The molecule has 0 bridgehead atoms. The van der Waals surface area contributed by atoms with Crippen LogP contribution in [0.2, 0.25) is 10.3 Å². The van der Waals surface area contributed by atoms with Gasteiger partial charge in [0.25, 0.3) is 0 Å². The number of rotatable bonds is 1. The van der Waals surface area contributed by atoms with Gasteiger partial charge in [-0.3, -0.25) is 0 Å². The number of ether oxygens (including phenoxy) is 1. The molecule has 7 heteroatoms. The van der Waals surface area contributed by atoms with Gasteiger partial charge in [-0.2, -0.15) is 9.97 Å². The summed E-state index contributed by atoms with van der Waals surface area (Å²) in [6, 6.07) is 1.04. The molecule has 1 aromatic rings. The molecule has 12 heavy (non-hydrogen) atoms. The van der Waals surface area contributed by atoms with Gasteiger partial charge in [-0.1, -0.05) is 23.2 Å². The molecule has 1 aromatic heterocycles. The highest BCUT2D eigenvalue weighted by Gasteiger charge is 2.04. The molecule has 64 valence electrons. The van der Waals surface area contributed by atoms with E-state index in [4.69, 9.17) is 28.9 Å². The first-order valence-corrected chi connectivity index (χ1v) is 3.51. The summed E-state index contributed by atoms with van der Waals surface area (Å²) in [6.45, 7) is 0. The van der Waals surface area contributed by atoms with E-state index in [9.17, 15) is 4.79 Å². The fraction of sp³-hybridized carbons (Fsp3) is 0. The minimum atomic E-state index is -1.02. The normalized spacial score (nSPS) is 9.50. The molecule has 0 atom stereocenters. The smallest absolute Gasteiger partial charge is 0.374 e. The van der Waals surface area contributed by atoms with Gasteiger partial charge < -0.3 is 10.5 Å². The highest BCUT2D eigenvalue weighted by Crippen LogP contribution is 2.15. The molecular weight excluding hydrogens is 205 g/mol. The highest BCUT2D eigenvalue weighted by molar-refractivity contribution is 6.33. The summed E-state index contributed by atoms with van der Waals surface area (Å²) in [5, 5.41) is 0.150. The van der Waals surface area contributed by atoms with Crippen LogP contribution in [0.4, 0.5) is 4.79 Å². The number of halogens is 2. The molecule has 5 nitrogen and oxygen atoms in total. The number of nitrogens with two attached hydrogens (primary N) is 1. The molecule has 0 aliphatic rings. The van der Waals surface area contributed by atoms with E-state index in [1.54, 1.807) is 0 Å². The van der Waals surface area contributed by atoms with Crippen LogP contribution in [0.5, 0.6) is 6.01 Å². The van der Waals surface area contributed by atoms with Crippen LogP contribution >= 0.6 is 23.2 Å². The molecule has 1 rings (SSSR count). The van der Waals surface area contributed by atoms with Crippen LogP contribution in [0.1, 0.15) is 0 Å². The topological polar surface area (TPSA) is 78.1 Å². The van der Waals surface area contributed by atoms with Crippen molar-refractivity contribution in [2.24, 2.45) is 5.73 Å². The number of aromatic nitrogens is 2.